The van der Waals surface area contributed by atoms with Gasteiger partial charge in [0.2, 0.25) is 0 Å². The van der Waals surface area contributed by atoms with Crippen LogP contribution in [0.15, 0.2) is 34.7 Å². The van der Waals surface area contributed by atoms with Gasteiger partial charge in [0.15, 0.2) is 0 Å². The van der Waals surface area contributed by atoms with E-state index in [9.17, 15) is 0 Å². The van der Waals surface area contributed by atoms with Gasteiger partial charge in [-0.15, -0.1) is 0 Å². The Bertz CT molecular complexity index is 551. The summed E-state index contributed by atoms with van der Waals surface area (Å²) in [6.07, 6.45) is 5.20. The molecule has 1 fully saturated rings. The molecular weight excluding hydrogens is 260 g/mol. The molecule has 3 nitrogen and oxygen atoms in total. The van der Waals surface area contributed by atoms with Gasteiger partial charge in [-0.2, -0.15) is 0 Å². The summed E-state index contributed by atoms with van der Waals surface area (Å²) < 4.78 is 6.03. The molecule has 0 amide bonds. The second-order valence-corrected chi connectivity index (χ2v) is 6.52. The Labute approximate surface area is 127 Å². The first-order chi connectivity index (χ1) is 10.2. The summed E-state index contributed by atoms with van der Waals surface area (Å²) in [7, 11) is 2.20. The predicted octanol–water partition coefficient (Wildman–Crippen LogP) is 3.94. The van der Waals surface area contributed by atoms with Crippen molar-refractivity contribution in [2.45, 2.75) is 44.7 Å². The molecule has 3 heteroatoms. The molecule has 2 aromatic rings. The maximum Gasteiger partial charge on any atom is 0.134 e. The molecule has 21 heavy (non-hydrogen) atoms. The van der Waals surface area contributed by atoms with Gasteiger partial charge in [-0.1, -0.05) is 25.1 Å². The fraction of sp³-hybridized carbons (Fsp3) is 0.556. The van der Waals surface area contributed by atoms with Crippen LogP contribution in [0.1, 0.15) is 44.4 Å². The summed E-state index contributed by atoms with van der Waals surface area (Å²) in [6.45, 7) is 2.96. The van der Waals surface area contributed by atoms with E-state index in [1.165, 1.54) is 25.7 Å². The van der Waals surface area contributed by atoms with Crippen molar-refractivity contribution in [3.8, 4) is 0 Å². The molecule has 114 valence electrons. The molecule has 0 spiro atoms. The second kappa shape index (κ2) is 6.20. The molecule has 1 aliphatic rings. The first-order valence-corrected chi connectivity index (χ1v) is 8.09. The van der Waals surface area contributed by atoms with Crippen LogP contribution in [0.2, 0.25) is 0 Å². The molecule has 0 saturated heterocycles. The van der Waals surface area contributed by atoms with E-state index < -0.39 is 0 Å². The summed E-state index contributed by atoms with van der Waals surface area (Å²) in [5.74, 6) is 1.87. The van der Waals surface area contributed by atoms with Crippen LogP contribution in [0.5, 0.6) is 0 Å². The van der Waals surface area contributed by atoms with Gasteiger partial charge in [0.1, 0.15) is 11.3 Å². The molecule has 1 unspecified atom stereocenters. The molecule has 1 atom stereocenters. The Hall–Kier alpha value is -1.32. The number of furan rings is 1. The quantitative estimate of drug-likeness (QED) is 0.925. The van der Waals surface area contributed by atoms with Crippen molar-refractivity contribution < 1.29 is 4.42 Å². The highest BCUT2D eigenvalue weighted by atomic mass is 16.3. The molecule has 0 radical (unpaired) electrons. The van der Waals surface area contributed by atoms with Crippen LogP contribution in [0, 0.1) is 5.92 Å². The lowest BCUT2D eigenvalue weighted by atomic mass is 9.86. The van der Waals surface area contributed by atoms with Crippen molar-refractivity contribution in [3.05, 3.63) is 36.1 Å². The molecule has 1 aliphatic carbocycles. The van der Waals surface area contributed by atoms with Crippen LogP contribution in [0.3, 0.4) is 0 Å². The third kappa shape index (κ3) is 2.99. The lowest BCUT2D eigenvalue weighted by Gasteiger charge is -2.37. The standard InChI is InChI=1S/C18H26N2O/c1-13-7-9-15(10-8-13)20(2)16(12-19)18-11-14-5-3-4-6-17(14)21-18/h3-6,11,13,15-16H,7-10,12,19H2,1-2H3. The SMILES string of the molecule is CC1CCC(N(C)C(CN)c2cc3ccccc3o2)CC1. The van der Waals surface area contributed by atoms with E-state index in [2.05, 4.69) is 31.0 Å². The monoisotopic (exact) mass is 286 g/mol. The zero-order valence-corrected chi connectivity index (χ0v) is 13.1. The van der Waals surface area contributed by atoms with Crippen LogP contribution >= 0.6 is 0 Å². The first-order valence-electron chi connectivity index (χ1n) is 8.09. The van der Waals surface area contributed by atoms with Gasteiger partial charge < -0.3 is 10.2 Å². The van der Waals surface area contributed by atoms with Crippen molar-refractivity contribution in [2.24, 2.45) is 11.7 Å². The molecular formula is C18H26N2O. The number of nitrogens with zero attached hydrogens (tertiary/aromatic N) is 1. The van der Waals surface area contributed by atoms with Crippen LogP contribution in [0.4, 0.5) is 0 Å². The largest absolute Gasteiger partial charge is 0.459 e. The Balaban J connectivity index is 1.80. The third-order valence-electron chi connectivity index (χ3n) is 5.05. The molecule has 1 saturated carbocycles. The average molecular weight is 286 g/mol. The molecule has 3 rings (SSSR count). The van der Waals surface area contributed by atoms with Crippen LogP contribution in [-0.4, -0.2) is 24.5 Å². The summed E-state index contributed by atoms with van der Waals surface area (Å²) in [4.78, 5) is 2.43. The number of para-hydroxylation sites is 1. The van der Waals surface area contributed by atoms with Gasteiger partial charge in [-0.05, 0) is 50.8 Å². The van der Waals surface area contributed by atoms with Gasteiger partial charge in [-0.3, -0.25) is 4.90 Å². The minimum Gasteiger partial charge on any atom is -0.459 e. The summed E-state index contributed by atoms with van der Waals surface area (Å²) >= 11 is 0. The highest BCUT2D eigenvalue weighted by Gasteiger charge is 2.28. The van der Waals surface area contributed by atoms with Crippen LogP contribution in [-0.2, 0) is 0 Å². The molecule has 1 aromatic heterocycles. The zero-order valence-electron chi connectivity index (χ0n) is 13.1. The lowest BCUT2D eigenvalue weighted by molar-refractivity contribution is 0.115. The number of benzene rings is 1. The molecule has 1 aromatic carbocycles. The number of nitrogens with two attached hydrogens (primary N) is 1. The number of hydrogen-bond donors (Lipinski definition) is 1. The molecule has 2 N–H and O–H groups in total. The van der Waals surface area contributed by atoms with E-state index in [0.717, 1.165) is 22.6 Å². The van der Waals surface area contributed by atoms with E-state index in [0.29, 0.717) is 12.6 Å². The minimum atomic E-state index is 0.177. The zero-order chi connectivity index (χ0) is 14.8. The highest BCUT2D eigenvalue weighted by molar-refractivity contribution is 5.77. The fourth-order valence-corrected chi connectivity index (χ4v) is 3.55. The van der Waals surface area contributed by atoms with Gasteiger partial charge in [-0.25, -0.2) is 0 Å². The van der Waals surface area contributed by atoms with E-state index in [-0.39, 0.29) is 6.04 Å². The minimum absolute atomic E-state index is 0.177. The Morgan fingerprint density at radius 1 is 1.24 bits per heavy atom. The third-order valence-corrected chi connectivity index (χ3v) is 5.05. The number of rotatable bonds is 4. The van der Waals surface area contributed by atoms with Crippen LogP contribution < -0.4 is 5.73 Å². The topological polar surface area (TPSA) is 42.4 Å². The lowest BCUT2D eigenvalue weighted by Crippen LogP contribution is -2.40. The summed E-state index contributed by atoms with van der Waals surface area (Å²) in [5.41, 5.74) is 7.02. The molecule has 0 aliphatic heterocycles. The normalized spacial score (nSPS) is 24.6. The number of hydrogen-bond acceptors (Lipinski definition) is 3. The maximum atomic E-state index is 6.06. The van der Waals surface area contributed by atoms with Crippen molar-refractivity contribution in [1.82, 2.24) is 4.90 Å². The Kier molecular flexibility index (Phi) is 4.32. The van der Waals surface area contributed by atoms with Crippen molar-refractivity contribution in [3.63, 3.8) is 0 Å². The Morgan fingerprint density at radius 3 is 2.62 bits per heavy atom. The maximum absolute atomic E-state index is 6.06. The predicted molar refractivity (Wildman–Crippen MR) is 87.2 cm³/mol. The van der Waals surface area contributed by atoms with Crippen molar-refractivity contribution >= 4 is 11.0 Å². The Morgan fingerprint density at radius 2 is 1.95 bits per heavy atom. The average Bonchev–Trinajstić information content (AvgIpc) is 2.92. The van der Waals surface area contributed by atoms with Gasteiger partial charge >= 0.3 is 0 Å². The van der Waals surface area contributed by atoms with E-state index in [4.69, 9.17) is 10.2 Å². The van der Waals surface area contributed by atoms with E-state index in [1.54, 1.807) is 0 Å². The molecule has 1 heterocycles. The van der Waals surface area contributed by atoms with E-state index in [1.807, 2.05) is 18.2 Å². The van der Waals surface area contributed by atoms with Crippen molar-refractivity contribution in [1.29, 1.82) is 0 Å². The fourth-order valence-electron chi connectivity index (χ4n) is 3.55. The molecule has 0 bridgehead atoms. The number of fused-ring (bicyclic) bond motifs is 1. The number of likely N-dealkylation sites (N-methyl/N-ethyl adjacent to an activating group) is 1. The van der Waals surface area contributed by atoms with Gasteiger partial charge in [0, 0.05) is 18.0 Å². The van der Waals surface area contributed by atoms with Gasteiger partial charge in [0.25, 0.3) is 0 Å². The summed E-state index contributed by atoms with van der Waals surface area (Å²) in [5, 5.41) is 1.16. The first kappa shape index (κ1) is 14.6. The van der Waals surface area contributed by atoms with Crippen molar-refractivity contribution in [2.75, 3.05) is 13.6 Å². The summed E-state index contributed by atoms with van der Waals surface area (Å²) in [6, 6.07) is 11.1. The second-order valence-electron chi connectivity index (χ2n) is 6.52. The highest BCUT2D eigenvalue weighted by Crippen LogP contribution is 2.33. The van der Waals surface area contributed by atoms with Crippen LogP contribution in [0.25, 0.3) is 11.0 Å². The van der Waals surface area contributed by atoms with Gasteiger partial charge in [0.05, 0.1) is 6.04 Å². The smallest absolute Gasteiger partial charge is 0.134 e. The van der Waals surface area contributed by atoms with E-state index >= 15 is 0 Å².